The molecule has 2 aliphatic heterocycles. The summed E-state index contributed by atoms with van der Waals surface area (Å²) in [7, 11) is 1.47. The molecule has 0 unspecified atom stereocenters. The van der Waals surface area contributed by atoms with E-state index in [0.717, 1.165) is 19.6 Å². The molecule has 2 aromatic carbocycles. The summed E-state index contributed by atoms with van der Waals surface area (Å²) in [6.45, 7) is 4.03. The minimum absolute atomic E-state index is 0.0517. The number of likely N-dealkylation sites (tertiary alicyclic amines) is 1. The first kappa shape index (κ1) is 24.2. The number of hydrogen-bond donors (Lipinski definition) is 1. The topological polar surface area (TPSA) is 79.3 Å². The predicted octanol–water partition coefficient (Wildman–Crippen LogP) is 3.63. The highest BCUT2D eigenvalue weighted by atomic mass is 35.5. The van der Waals surface area contributed by atoms with E-state index in [1.54, 1.807) is 12.1 Å². The summed E-state index contributed by atoms with van der Waals surface area (Å²) in [6.07, 6.45) is 0.638. The zero-order valence-electron chi connectivity index (χ0n) is 18.8. The van der Waals surface area contributed by atoms with Gasteiger partial charge in [0, 0.05) is 31.7 Å². The van der Waals surface area contributed by atoms with E-state index in [2.05, 4.69) is 4.90 Å². The van der Waals surface area contributed by atoms with Crippen molar-refractivity contribution in [1.29, 1.82) is 0 Å². The molecular formula is C25H26ClFN2O5. The lowest BCUT2D eigenvalue weighted by Crippen LogP contribution is -2.38. The van der Waals surface area contributed by atoms with E-state index in [9.17, 15) is 19.1 Å². The Morgan fingerprint density at radius 1 is 1.15 bits per heavy atom. The number of methoxy groups -OCH3 is 1. The molecule has 1 N–H and O–H groups in total. The molecule has 1 amide bonds. The molecular weight excluding hydrogens is 463 g/mol. The van der Waals surface area contributed by atoms with Crippen LogP contribution in [0.1, 0.15) is 23.6 Å². The molecule has 2 saturated heterocycles. The van der Waals surface area contributed by atoms with Gasteiger partial charge in [0.25, 0.3) is 11.7 Å². The lowest BCUT2D eigenvalue weighted by Gasteiger charge is -2.29. The van der Waals surface area contributed by atoms with E-state index in [0.29, 0.717) is 37.5 Å². The number of rotatable bonds is 7. The van der Waals surface area contributed by atoms with Crippen molar-refractivity contribution < 1.29 is 28.6 Å². The molecule has 180 valence electrons. The van der Waals surface area contributed by atoms with Gasteiger partial charge in [0.05, 0.1) is 37.0 Å². The predicted molar refractivity (Wildman–Crippen MR) is 125 cm³/mol. The highest BCUT2D eigenvalue weighted by Gasteiger charge is 2.45. The molecule has 0 spiro atoms. The van der Waals surface area contributed by atoms with E-state index in [4.69, 9.17) is 21.1 Å². The van der Waals surface area contributed by atoms with E-state index >= 15 is 0 Å². The van der Waals surface area contributed by atoms with E-state index in [1.165, 1.54) is 42.3 Å². The number of carbonyl (C=O) groups excluding carboxylic acids is 2. The Labute approximate surface area is 202 Å². The number of carbonyl (C=O) groups is 2. The third kappa shape index (κ3) is 4.94. The van der Waals surface area contributed by atoms with Crippen molar-refractivity contribution in [3.8, 4) is 5.75 Å². The fraction of sp³-hybridized carbons (Fsp3) is 0.360. The lowest BCUT2D eigenvalue weighted by molar-refractivity contribution is -0.140. The summed E-state index contributed by atoms with van der Waals surface area (Å²) in [5.41, 5.74) is 0.765. The van der Waals surface area contributed by atoms with Gasteiger partial charge < -0.3 is 19.5 Å². The molecule has 2 aliphatic rings. The van der Waals surface area contributed by atoms with Crippen LogP contribution in [-0.2, 0) is 14.3 Å². The molecule has 0 bridgehead atoms. The number of morpholine rings is 1. The van der Waals surface area contributed by atoms with Gasteiger partial charge in [0.2, 0.25) is 0 Å². The molecule has 2 aromatic rings. The monoisotopic (exact) mass is 488 g/mol. The van der Waals surface area contributed by atoms with Crippen LogP contribution in [0.25, 0.3) is 5.76 Å². The zero-order chi connectivity index (χ0) is 24.2. The molecule has 0 aromatic heterocycles. The van der Waals surface area contributed by atoms with Gasteiger partial charge in [-0.1, -0.05) is 23.7 Å². The van der Waals surface area contributed by atoms with E-state index < -0.39 is 23.5 Å². The highest BCUT2D eigenvalue weighted by Crippen LogP contribution is 2.40. The van der Waals surface area contributed by atoms with Crippen LogP contribution < -0.4 is 4.74 Å². The number of amides is 1. The van der Waals surface area contributed by atoms with Crippen molar-refractivity contribution in [3.05, 3.63) is 70.0 Å². The van der Waals surface area contributed by atoms with Gasteiger partial charge in [0.15, 0.2) is 0 Å². The van der Waals surface area contributed by atoms with Crippen molar-refractivity contribution in [3.63, 3.8) is 0 Å². The van der Waals surface area contributed by atoms with Crippen molar-refractivity contribution in [1.82, 2.24) is 9.80 Å². The molecule has 34 heavy (non-hydrogen) atoms. The SMILES string of the molecule is COc1ccc(/C(O)=C2\C(=O)C(=O)N(CCCN3CCOCC3)[C@H]2c2ccc(F)cc2)cc1Cl. The highest BCUT2D eigenvalue weighted by molar-refractivity contribution is 6.46. The Morgan fingerprint density at radius 2 is 1.85 bits per heavy atom. The Kier molecular flexibility index (Phi) is 7.50. The molecule has 0 aliphatic carbocycles. The Hall–Kier alpha value is -2.94. The van der Waals surface area contributed by atoms with Crippen molar-refractivity contribution in [2.24, 2.45) is 0 Å². The van der Waals surface area contributed by atoms with E-state index in [1.807, 2.05) is 0 Å². The molecule has 1 atom stereocenters. The minimum atomic E-state index is -0.842. The second kappa shape index (κ2) is 10.5. The lowest BCUT2D eigenvalue weighted by atomic mass is 9.95. The molecule has 7 nitrogen and oxygen atoms in total. The van der Waals surface area contributed by atoms with E-state index in [-0.39, 0.29) is 21.9 Å². The summed E-state index contributed by atoms with van der Waals surface area (Å²) < 4.78 is 24.1. The maximum absolute atomic E-state index is 13.6. The van der Waals surface area contributed by atoms with Crippen LogP contribution in [0.3, 0.4) is 0 Å². The van der Waals surface area contributed by atoms with Gasteiger partial charge in [-0.2, -0.15) is 0 Å². The quantitative estimate of drug-likeness (QED) is 0.364. The van der Waals surface area contributed by atoms with Crippen LogP contribution in [0.2, 0.25) is 5.02 Å². The van der Waals surface area contributed by atoms with Crippen LogP contribution >= 0.6 is 11.6 Å². The number of nitrogens with zero attached hydrogens (tertiary/aromatic N) is 2. The number of ketones is 1. The molecule has 9 heteroatoms. The van der Waals surface area contributed by atoms with Crippen LogP contribution in [0.15, 0.2) is 48.0 Å². The van der Waals surface area contributed by atoms with Crippen molar-refractivity contribution in [2.45, 2.75) is 12.5 Å². The number of aliphatic hydroxyl groups excluding tert-OH is 1. The van der Waals surface area contributed by atoms with Crippen molar-refractivity contribution >= 4 is 29.1 Å². The number of aliphatic hydroxyl groups is 1. The normalized spacial score (nSPS) is 20.7. The number of benzene rings is 2. The number of Topliss-reactive ketones (excluding diaryl/α,β-unsaturated/α-hetero) is 1. The summed E-state index contributed by atoms with van der Waals surface area (Å²) in [6, 6.07) is 9.36. The summed E-state index contributed by atoms with van der Waals surface area (Å²) in [5, 5.41) is 11.4. The molecule has 4 rings (SSSR count). The van der Waals surface area contributed by atoms with Gasteiger partial charge in [-0.25, -0.2) is 4.39 Å². The largest absolute Gasteiger partial charge is 0.507 e. The third-order valence-electron chi connectivity index (χ3n) is 6.13. The molecule has 0 radical (unpaired) electrons. The maximum Gasteiger partial charge on any atom is 0.295 e. The molecule has 0 saturated carbocycles. The third-order valence-corrected chi connectivity index (χ3v) is 6.42. The summed E-state index contributed by atoms with van der Waals surface area (Å²) in [5.74, 6) is -1.85. The molecule has 2 fully saturated rings. The standard InChI is InChI=1S/C25H26ClFN2O5/c1-33-20-8-5-17(15-19(20)26)23(30)21-22(16-3-6-18(27)7-4-16)29(25(32)24(21)31)10-2-9-28-11-13-34-14-12-28/h3-8,15,22,30H,2,9-14H2,1H3/b23-21+/t22-/m0/s1. The van der Waals surface area contributed by atoms with Gasteiger partial charge in [-0.3, -0.25) is 14.5 Å². The van der Waals surface area contributed by atoms with Gasteiger partial charge in [-0.05, 0) is 42.3 Å². The van der Waals surface area contributed by atoms with Crippen LogP contribution in [0.4, 0.5) is 4.39 Å². The number of hydrogen-bond acceptors (Lipinski definition) is 6. The maximum atomic E-state index is 13.6. The Morgan fingerprint density at radius 3 is 2.50 bits per heavy atom. The van der Waals surface area contributed by atoms with Crippen LogP contribution in [0.5, 0.6) is 5.75 Å². The Balaban J connectivity index is 1.68. The van der Waals surface area contributed by atoms with Crippen LogP contribution in [0, 0.1) is 5.82 Å². The van der Waals surface area contributed by atoms with Gasteiger partial charge in [-0.15, -0.1) is 0 Å². The number of halogens is 2. The fourth-order valence-corrected chi connectivity index (χ4v) is 4.62. The minimum Gasteiger partial charge on any atom is -0.507 e. The average molecular weight is 489 g/mol. The fourth-order valence-electron chi connectivity index (χ4n) is 4.36. The first-order chi connectivity index (χ1) is 16.4. The summed E-state index contributed by atoms with van der Waals surface area (Å²) >= 11 is 6.21. The first-order valence-electron chi connectivity index (χ1n) is 11.1. The average Bonchev–Trinajstić information content (AvgIpc) is 3.09. The van der Waals surface area contributed by atoms with Crippen molar-refractivity contribution in [2.75, 3.05) is 46.5 Å². The first-order valence-corrected chi connectivity index (χ1v) is 11.5. The zero-order valence-corrected chi connectivity index (χ0v) is 19.6. The second-order valence-corrected chi connectivity index (χ2v) is 8.61. The molecule has 2 heterocycles. The number of ether oxygens (including phenoxy) is 2. The Bertz CT molecular complexity index is 1100. The van der Waals surface area contributed by atoms with Gasteiger partial charge in [0.1, 0.15) is 17.3 Å². The van der Waals surface area contributed by atoms with Crippen LogP contribution in [-0.4, -0.2) is 73.1 Å². The smallest absolute Gasteiger partial charge is 0.295 e. The van der Waals surface area contributed by atoms with Gasteiger partial charge >= 0.3 is 0 Å². The second-order valence-electron chi connectivity index (χ2n) is 8.20. The summed E-state index contributed by atoms with van der Waals surface area (Å²) in [4.78, 5) is 29.8.